The van der Waals surface area contributed by atoms with Gasteiger partial charge in [0.2, 0.25) is 0 Å². The summed E-state index contributed by atoms with van der Waals surface area (Å²) >= 11 is 0. The Labute approximate surface area is 158 Å². The van der Waals surface area contributed by atoms with Crippen molar-refractivity contribution >= 4 is 5.96 Å². The van der Waals surface area contributed by atoms with E-state index in [9.17, 15) is 0 Å². The van der Waals surface area contributed by atoms with Gasteiger partial charge in [0, 0.05) is 47.0 Å². The molecular formula is C20H37N3O3. The lowest BCUT2D eigenvalue weighted by molar-refractivity contribution is -0.0721. The zero-order valence-corrected chi connectivity index (χ0v) is 16.7. The number of nitrogens with one attached hydrogen (secondary N) is 1. The maximum Gasteiger partial charge on any atom is 0.193 e. The summed E-state index contributed by atoms with van der Waals surface area (Å²) in [5.74, 6) is 1.04. The Balaban J connectivity index is 1.34. The fourth-order valence-electron chi connectivity index (χ4n) is 4.03. The van der Waals surface area contributed by atoms with Gasteiger partial charge in [-0.05, 0) is 56.8 Å². The lowest BCUT2D eigenvalue weighted by Gasteiger charge is -2.35. The second kappa shape index (κ2) is 9.90. The first kappa shape index (κ1) is 19.9. The van der Waals surface area contributed by atoms with E-state index < -0.39 is 0 Å². The predicted octanol–water partition coefficient (Wildman–Crippen LogP) is 2.43. The number of likely N-dealkylation sites (tertiary alicyclic amines) is 1. The van der Waals surface area contributed by atoms with Crippen LogP contribution in [0.1, 0.15) is 51.4 Å². The van der Waals surface area contributed by atoms with Crippen LogP contribution in [0, 0.1) is 5.41 Å². The fourth-order valence-corrected chi connectivity index (χ4v) is 4.03. The van der Waals surface area contributed by atoms with Gasteiger partial charge in [-0.2, -0.15) is 0 Å². The molecule has 0 aromatic heterocycles. The van der Waals surface area contributed by atoms with E-state index in [1.165, 1.54) is 25.7 Å². The van der Waals surface area contributed by atoms with Crippen molar-refractivity contribution in [2.75, 3.05) is 53.6 Å². The van der Waals surface area contributed by atoms with Gasteiger partial charge in [-0.25, -0.2) is 0 Å². The highest BCUT2D eigenvalue weighted by Crippen LogP contribution is 2.48. The molecule has 0 radical (unpaired) electrons. The minimum Gasteiger partial charge on any atom is -0.385 e. The van der Waals surface area contributed by atoms with E-state index in [1.54, 1.807) is 7.11 Å². The molecule has 6 nitrogen and oxygen atoms in total. The third-order valence-electron chi connectivity index (χ3n) is 6.16. The zero-order chi connectivity index (χ0) is 18.2. The summed E-state index contributed by atoms with van der Waals surface area (Å²) in [6.45, 7) is 5.56. The molecule has 0 amide bonds. The lowest BCUT2D eigenvalue weighted by Crippen LogP contribution is -2.48. The molecule has 2 saturated heterocycles. The van der Waals surface area contributed by atoms with Crippen LogP contribution in [0.5, 0.6) is 0 Å². The number of piperidine rings is 1. The van der Waals surface area contributed by atoms with Crippen LogP contribution >= 0.6 is 0 Å². The minimum atomic E-state index is 0.318. The van der Waals surface area contributed by atoms with Gasteiger partial charge in [0.25, 0.3) is 0 Å². The van der Waals surface area contributed by atoms with Crippen molar-refractivity contribution in [1.82, 2.24) is 10.2 Å². The summed E-state index contributed by atoms with van der Waals surface area (Å²) in [6, 6.07) is 0. The van der Waals surface area contributed by atoms with Crippen molar-refractivity contribution in [1.29, 1.82) is 0 Å². The Morgan fingerprint density at radius 1 is 1.23 bits per heavy atom. The molecule has 0 aromatic rings. The molecule has 1 N–H and O–H groups in total. The monoisotopic (exact) mass is 367 g/mol. The standard InChI is InChI=1S/C20H37N3O3/c1-21-19(22-16-20(8-9-20)10-14-24-2)23-11-6-17(7-12-23)26-15-18-5-3-4-13-25-18/h17-18H,3-16H2,1-2H3,(H,21,22). The second-order valence-electron chi connectivity index (χ2n) is 8.15. The summed E-state index contributed by atoms with van der Waals surface area (Å²) in [5, 5.41) is 3.61. The molecule has 2 aliphatic heterocycles. The highest BCUT2D eigenvalue weighted by atomic mass is 16.5. The van der Waals surface area contributed by atoms with E-state index in [-0.39, 0.29) is 0 Å². The fraction of sp³-hybridized carbons (Fsp3) is 0.950. The van der Waals surface area contributed by atoms with Crippen molar-refractivity contribution in [2.45, 2.75) is 63.6 Å². The number of hydrogen-bond acceptors (Lipinski definition) is 4. The van der Waals surface area contributed by atoms with Crippen LogP contribution in [0.15, 0.2) is 4.99 Å². The molecule has 0 aromatic carbocycles. The summed E-state index contributed by atoms with van der Waals surface area (Å²) in [5.41, 5.74) is 0.438. The van der Waals surface area contributed by atoms with E-state index in [4.69, 9.17) is 14.2 Å². The van der Waals surface area contributed by atoms with Crippen LogP contribution in [-0.4, -0.2) is 76.7 Å². The van der Waals surface area contributed by atoms with Crippen molar-refractivity contribution in [3.8, 4) is 0 Å². The molecule has 150 valence electrons. The van der Waals surface area contributed by atoms with Gasteiger partial charge in [-0.1, -0.05) is 0 Å². The molecule has 1 atom stereocenters. The van der Waals surface area contributed by atoms with Gasteiger partial charge in [-0.15, -0.1) is 0 Å². The Bertz CT molecular complexity index is 440. The maximum atomic E-state index is 6.13. The molecule has 1 aliphatic carbocycles. The molecule has 3 rings (SSSR count). The van der Waals surface area contributed by atoms with Gasteiger partial charge in [0.05, 0.1) is 18.8 Å². The Kier molecular flexibility index (Phi) is 7.58. The molecule has 0 bridgehead atoms. The Morgan fingerprint density at radius 2 is 2.04 bits per heavy atom. The minimum absolute atomic E-state index is 0.318. The summed E-state index contributed by atoms with van der Waals surface area (Å²) in [7, 11) is 3.68. The van der Waals surface area contributed by atoms with E-state index >= 15 is 0 Å². The third-order valence-corrected chi connectivity index (χ3v) is 6.16. The number of nitrogens with zero attached hydrogens (tertiary/aromatic N) is 2. The Morgan fingerprint density at radius 3 is 2.65 bits per heavy atom. The van der Waals surface area contributed by atoms with Crippen LogP contribution < -0.4 is 5.32 Å². The molecule has 1 unspecified atom stereocenters. The topological polar surface area (TPSA) is 55.3 Å². The molecule has 2 heterocycles. The molecular weight excluding hydrogens is 330 g/mol. The van der Waals surface area contributed by atoms with Crippen LogP contribution in [0.25, 0.3) is 0 Å². The van der Waals surface area contributed by atoms with Crippen molar-refractivity contribution in [3.63, 3.8) is 0 Å². The van der Waals surface area contributed by atoms with Gasteiger partial charge < -0.3 is 24.4 Å². The van der Waals surface area contributed by atoms with Crippen molar-refractivity contribution in [2.24, 2.45) is 10.4 Å². The number of guanidine groups is 1. The normalized spacial score (nSPS) is 26.8. The molecule has 0 spiro atoms. The van der Waals surface area contributed by atoms with Gasteiger partial charge in [0.15, 0.2) is 5.96 Å². The Hall–Kier alpha value is -0.850. The second-order valence-corrected chi connectivity index (χ2v) is 8.15. The molecule has 26 heavy (non-hydrogen) atoms. The number of methoxy groups -OCH3 is 1. The number of hydrogen-bond donors (Lipinski definition) is 1. The van der Waals surface area contributed by atoms with E-state index in [0.29, 0.717) is 17.6 Å². The highest BCUT2D eigenvalue weighted by Gasteiger charge is 2.42. The summed E-state index contributed by atoms with van der Waals surface area (Å²) in [6.07, 6.45) is 10.2. The van der Waals surface area contributed by atoms with Crippen LogP contribution in [0.2, 0.25) is 0 Å². The average Bonchev–Trinajstić information content (AvgIpc) is 3.47. The third kappa shape index (κ3) is 5.83. The van der Waals surface area contributed by atoms with Gasteiger partial charge in [0.1, 0.15) is 0 Å². The maximum absolute atomic E-state index is 6.13. The average molecular weight is 368 g/mol. The van der Waals surface area contributed by atoms with Crippen molar-refractivity contribution in [3.05, 3.63) is 0 Å². The predicted molar refractivity (Wildman–Crippen MR) is 104 cm³/mol. The molecule has 6 heteroatoms. The van der Waals surface area contributed by atoms with Gasteiger partial charge >= 0.3 is 0 Å². The van der Waals surface area contributed by atoms with E-state index in [1.807, 2.05) is 7.05 Å². The SMILES string of the molecule is CN=C(NCC1(CCOC)CC1)N1CCC(OCC2CCCCO2)CC1. The van der Waals surface area contributed by atoms with Gasteiger partial charge in [-0.3, -0.25) is 4.99 Å². The first-order chi connectivity index (χ1) is 12.7. The number of rotatable bonds is 8. The molecule has 1 saturated carbocycles. The summed E-state index contributed by atoms with van der Waals surface area (Å²) < 4.78 is 17.2. The smallest absolute Gasteiger partial charge is 0.193 e. The largest absolute Gasteiger partial charge is 0.385 e. The van der Waals surface area contributed by atoms with Crippen LogP contribution in [0.3, 0.4) is 0 Å². The van der Waals surface area contributed by atoms with E-state index in [0.717, 1.165) is 71.1 Å². The number of aliphatic imine (C=N–C) groups is 1. The van der Waals surface area contributed by atoms with Crippen LogP contribution in [0.4, 0.5) is 0 Å². The van der Waals surface area contributed by atoms with Crippen molar-refractivity contribution < 1.29 is 14.2 Å². The quantitative estimate of drug-likeness (QED) is 0.527. The molecule has 3 fully saturated rings. The lowest BCUT2D eigenvalue weighted by atomic mass is 10.0. The molecule has 3 aliphatic rings. The summed E-state index contributed by atoms with van der Waals surface area (Å²) in [4.78, 5) is 6.89. The first-order valence-corrected chi connectivity index (χ1v) is 10.4. The van der Waals surface area contributed by atoms with Crippen LogP contribution in [-0.2, 0) is 14.2 Å². The number of ether oxygens (including phenoxy) is 3. The highest BCUT2D eigenvalue weighted by molar-refractivity contribution is 5.80. The zero-order valence-electron chi connectivity index (χ0n) is 16.7. The first-order valence-electron chi connectivity index (χ1n) is 10.4. The van der Waals surface area contributed by atoms with E-state index in [2.05, 4.69) is 15.2 Å².